The summed E-state index contributed by atoms with van der Waals surface area (Å²) in [6.45, 7) is 0. The van der Waals surface area contributed by atoms with Crippen molar-refractivity contribution in [2.24, 2.45) is 5.14 Å². The lowest BCUT2D eigenvalue weighted by molar-refractivity contribution is 0.598. The molecule has 27 heavy (non-hydrogen) atoms. The first-order valence-corrected chi connectivity index (χ1v) is 11.1. The molecule has 0 bridgehead atoms. The highest BCUT2D eigenvalue weighted by Gasteiger charge is 2.17. The molecule has 136 valence electrons. The van der Waals surface area contributed by atoms with Crippen molar-refractivity contribution >= 4 is 32.7 Å². The smallest absolute Gasteiger partial charge is 0.235 e. The standard InChI is InChI=1S/C19H13FN2O2S3/c20-14-7-3-12(4-8-14)17-18(26-19(22-17)16-2-1-11-25-16)13-5-9-15(10-6-13)27(21,23)24/h1-11H,(H2,21,23,24). The van der Waals surface area contributed by atoms with E-state index in [0.717, 1.165) is 31.6 Å². The van der Waals surface area contributed by atoms with Crippen LogP contribution >= 0.6 is 22.7 Å². The Morgan fingerprint density at radius 3 is 2.19 bits per heavy atom. The number of hydrogen-bond donors (Lipinski definition) is 1. The SMILES string of the molecule is NS(=O)(=O)c1ccc(-c2sc(-c3cccs3)nc2-c2ccc(F)cc2)cc1. The lowest BCUT2D eigenvalue weighted by atomic mass is 10.1. The lowest BCUT2D eigenvalue weighted by Crippen LogP contribution is -2.11. The van der Waals surface area contributed by atoms with Crippen LogP contribution in [0.4, 0.5) is 4.39 Å². The van der Waals surface area contributed by atoms with Gasteiger partial charge in [-0.1, -0.05) is 18.2 Å². The molecule has 0 atom stereocenters. The maximum absolute atomic E-state index is 13.3. The van der Waals surface area contributed by atoms with Crippen LogP contribution in [0.3, 0.4) is 0 Å². The second kappa shape index (κ2) is 6.97. The van der Waals surface area contributed by atoms with Gasteiger partial charge in [0.05, 0.1) is 20.3 Å². The summed E-state index contributed by atoms with van der Waals surface area (Å²) in [5, 5.41) is 8.01. The third kappa shape index (κ3) is 3.70. The Bertz CT molecular complexity index is 1180. The molecule has 2 heterocycles. The highest BCUT2D eigenvalue weighted by atomic mass is 32.2. The molecule has 0 radical (unpaired) electrons. The van der Waals surface area contributed by atoms with Crippen LogP contribution in [0.2, 0.25) is 0 Å². The highest BCUT2D eigenvalue weighted by molar-refractivity contribution is 7.89. The van der Waals surface area contributed by atoms with Crippen molar-refractivity contribution in [1.29, 1.82) is 0 Å². The number of primary sulfonamides is 1. The Kier molecular flexibility index (Phi) is 4.65. The summed E-state index contributed by atoms with van der Waals surface area (Å²) in [4.78, 5) is 6.74. The number of benzene rings is 2. The molecule has 0 spiro atoms. The van der Waals surface area contributed by atoms with Gasteiger partial charge in [0.2, 0.25) is 10.0 Å². The van der Waals surface area contributed by atoms with Crippen LogP contribution in [0, 0.1) is 5.82 Å². The Morgan fingerprint density at radius 1 is 0.926 bits per heavy atom. The summed E-state index contributed by atoms with van der Waals surface area (Å²) in [5.41, 5.74) is 2.34. The summed E-state index contributed by atoms with van der Waals surface area (Å²) >= 11 is 3.10. The van der Waals surface area contributed by atoms with E-state index in [-0.39, 0.29) is 10.7 Å². The minimum atomic E-state index is -3.75. The van der Waals surface area contributed by atoms with Crippen LogP contribution in [0.15, 0.2) is 70.9 Å². The van der Waals surface area contributed by atoms with Crippen LogP contribution in [0.5, 0.6) is 0 Å². The number of sulfonamides is 1. The fourth-order valence-electron chi connectivity index (χ4n) is 2.62. The summed E-state index contributed by atoms with van der Waals surface area (Å²) < 4.78 is 36.3. The van der Waals surface area contributed by atoms with Gasteiger partial charge >= 0.3 is 0 Å². The van der Waals surface area contributed by atoms with Crippen LogP contribution in [-0.4, -0.2) is 13.4 Å². The Balaban J connectivity index is 1.86. The van der Waals surface area contributed by atoms with Gasteiger partial charge in [0.15, 0.2) is 0 Å². The van der Waals surface area contributed by atoms with Crippen LogP contribution < -0.4 is 5.14 Å². The molecular formula is C19H13FN2O2S3. The zero-order chi connectivity index (χ0) is 19.0. The van der Waals surface area contributed by atoms with Crippen molar-refractivity contribution in [3.63, 3.8) is 0 Å². The van der Waals surface area contributed by atoms with Gasteiger partial charge in [0.25, 0.3) is 0 Å². The zero-order valence-corrected chi connectivity index (χ0v) is 16.2. The summed E-state index contributed by atoms with van der Waals surface area (Å²) in [5.74, 6) is -0.313. The van der Waals surface area contributed by atoms with Gasteiger partial charge in [-0.2, -0.15) is 0 Å². The maximum atomic E-state index is 13.3. The van der Waals surface area contributed by atoms with Gasteiger partial charge < -0.3 is 0 Å². The molecule has 0 unspecified atom stereocenters. The number of nitrogens with two attached hydrogens (primary N) is 1. The molecule has 2 aromatic carbocycles. The van der Waals surface area contributed by atoms with Crippen LogP contribution in [0.25, 0.3) is 31.6 Å². The lowest BCUT2D eigenvalue weighted by Gasteiger charge is -2.04. The third-order valence-electron chi connectivity index (χ3n) is 3.92. The second-order valence-electron chi connectivity index (χ2n) is 5.75. The molecule has 0 amide bonds. The zero-order valence-electron chi connectivity index (χ0n) is 13.8. The Hall–Kier alpha value is -2.39. The number of halogens is 1. The van der Waals surface area contributed by atoms with E-state index in [1.165, 1.54) is 35.6 Å². The van der Waals surface area contributed by atoms with Gasteiger partial charge in [-0.25, -0.2) is 22.9 Å². The number of thiophene rings is 1. The van der Waals surface area contributed by atoms with Gasteiger partial charge in [-0.05, 0) is 53.4 Å². The first-order valence-electron chi connectivity index (χ1n) is 7.86. The van der Waals surface area contributed by atoms with Crippen molar-refractivity contribution in [2.45, 2.75) is 4.90 Å². The Labute approximate surface area is 163 Å². The van der Waals surface area contributed by atoms with Crippen LogP contribution in [0.1, 0.15) is 0 Å². The van der Waals surface area contributed by atoms with Gasteiger partial charge in [-0.15, -0.1) is 22.7 Å². The van der Waals surface area contributed by atoms with E-state index in [1.807, 2.05) is 17.5 Å². The minimum absolute atomic E-state index is 0.0533. The average Bonchev–Trinajstić information content (AvgIpc) is 3.31. The van der Waals surface area contributed by atoms with E-state index < -0.39 is 10.0 Å². The third-order valence-corrected chi connectivity index (χ3v) is 6.99. The fourth-order valence-corrected chi connectivity index (χ4v) is 5.03. The average molecular weight is 417 g/mol. The molecule has 4 rings (SSSR count). The predicted octanol–water partition coefficient (Wildman–Crippen LogP) is 4.99. The van der Waals surface area contributed by atoms with Crippen molar-refractivity contribution in [1.82, 2.24) is 4.98 Å². The second-order valence-corrected chi connectivity index (χ2v) is 9.26. The summed E-state index contributed by atoms with van der Waals surface area (Å²) in [6, 6.07) is 16.5. The number of thiazole rings is 1. The molecule has 8 heteroatoms. The normalized spacial score (nSPS) is 11.6. The Morgan fingerprint density at radius 2 is 1.59 bits per heavy atom. The maximum Gasteiger partial charge on any atom is 0.238 e. The van der Waals surface area contributed by atoms with Gasteiger partial charge in [-0.3, -0.25) is 0 Å². The van der Waals surface area contributed by atoms with Crippen molar-refractivity contribution in [3.05, 3.63) is 71.9 Å². The molecule has 0 aliphatic carbocycles. The molecule has 4 aromatic rings. The molecule has 4 nitrogen and oxygen atoms in total. The first-order chi connectivity index (χ1) is 12.9. The number of aromatic nitrogens is 1. The summed E-state index contributed by atoms with van der Waals surface area (Å²) in [6.07, 6.45) is 0. The number of rotatable bonds is 4. The van der Waals surface area contributed by atoms with Crippen molar-refractivity contribution in [2.75, 3.05) is 0 Å². The number of hydrogen-bond acceptors (Lipinski definition) is 5. The van der Waals surface area contributed by atoms with Gasteiger partial charge in [0, 0.05) is 5.56 Å². The minimum Gasteiger partial charge on any atom is -0.235 e. The molecule has 0 saturated heterocycles. The summed E-state index contributed by atoms with van der Waals surface area (Å²) in [7, 11) is -3.75. The van der Waals surface area contributed by atoms with E-state index in [0.29, 0.717) is 0 Å². The topological polar surface area (TPSA) is 73.1 Å². The van der Waals surface area contributed by atoms with Crippen LogP contribution in [-0.2, 0) is 10.0 Å². The van der Waals surface area contributed by atoms with E-state index in [1.54, 1.807) is 35.6 Å². The fraction of sp³-hybridized carbons (Fsp3) is 0. The van der Waals surface area contributed by atoms with E-state index in [9.17, 15) is 12.8 Å². The van der Waals surface area contributed by atoms with E-state index in [4.69, 9.17) is 10.1 Å². The quantitative estimate of drug-likeness (QED) is 0.509. The highest BCUT2D eigenvalue weighted by Crippen LogP contribution is 2.41. The van der Waals surface area contributed by atoms with Crippen molar-refractivity contribution < 1.29 is 12.8 Å². The molecule has 2 N–H and O–H groups in total. The van der Waals surface area contributed by atoms with Crippen molar-refractivity contribution in [3.8, 4) is 31.6 Å². The predicted molar refractivity (Wildman–Crippen MR) is 108 cm³/mol. The van der Waals surface area contributed by atoms with E-state index in [2.05, 4.69) is 0 Å². The monoisotopic (exact) mass is 416 g/mol. The molecule has 0 aliphatic heterocycles. The largest absolute Gasteiger partial charge is 0.238 e. The van der Waals surface area contributed by atoms with E-state index >= 15 is 0 Å². The van der Waals surface area contributed by atoms with Gasteiger partial charge in [0.1, 0.15) is 10.8 Å². The molecule has 0 saturated carbocycles. The molecule has 2 aromatic heterocycles. The molecule has 0 fully saturated rings. The number of nitrogens with zero attached hydrogens (tertiary/aromatic N) is 1. The first kappa shape index (κ1) is 18.0. The molecular weight excluding hydrogens is 403 g/mol. The molecule has 0 aliphatic rings.